The highest BCUT2D eigenvalue weighted by atomic mass is 16.5. The molecule has 1 aromatic carbocycles. The van der Waals surface area contributed by atoms with E-state index in [2.05, 4.69) is 15.6 Å². The SMILES string of the molecule is CCNC(=NCc1ccco1)NCCc1ccc(OC)c(OC)c1. The first-order valence-electron chi connectivity index (χ1n) is 8.02. The predicted octanol–water partition coefficient (Wildman–Crippen LogP) is 2.59. The van der Waals surface area contributed by atoms with Gasteiger partial charge in [0.15, 0.2) is 17.5 Å². The summed E-state index contributed by atoms with van der Waals surface area (Å²) in [6, 6.07) is 9.73. The molecule has 2 rings (SSSR count). The topological polar surface area (TPSA) is 68.0 Å². The normalized spacial score (nSPS) is 11.2. The number of nitrogens with zero attached hydrogens (tertiary/aromatic N) is 1. The lowest BCUT2D eigenvalue weighted by Crippen LogP contribution is -2.38. The van der Waals surface area contributed by atoms with E-state index in [-0.39, 0.29) is 0 Å². The van der Waals surface area contributed by atoms with Gasteiger partial charge in [-0.3, -0.25) is 0 Å². The van der Waals surface area contributed by atoms with Crippen LogP contribution >= 0.6 is 0 Å². The fourth-order valence-corrected chi connectivity index (χ4v) is 2.26. The molecule has 0 unspecified atom stereocenters. The summed E-state index contributed by atoms with van der Waals surface area (Å²) in [5, 5.41) is 6.55. The Labute approximate surface area is 142 Å². The van der Waals surface area contributed by atoms with Crippen LogP contribution in [0.15, 0.2) is 46.0 Å². The monoisotopic (exact) mass is 331 g/mol. The average molecular weight is 331 g/mol. The average Bonchev–Trinajstić information content (AvgIpc) is 3.13. The van der Waals surface area contributed by atoms with Gasteiger partial charge in [0.2, 0.25) is 0 Å². The molecule has 0 aliphatic heterocycles. The molecule has 0 fully saturated rings. The number of benzene rings is 1. The highest BCUT2D eigenvalue weighted by molar-refractivity contribution is 5.79. The first-order valence-corrected chi connectivity index (χ1v) is 8.02. The van der Waals surface area contributed by atoms with E-state index < -0.39 is 0 Å². The van der Waals surface area contributed by atoms with Gasteiger partial charge in [-0.1, -0.05) is 6.07 Å². The Morgan fingerprint density at radius 3 is 2.62 bits per heavy atom. The minimum Gasteiger partial charge on any atom is -0.493 e. The van der Waals surface area contributed by atoms with Crippen LogP contribution in [-0.2, 0) is 13.0 Å². The molecule has 2 aromatic rings. The molecule has 0 aliphatic rings. The maximum atomic E-state index is 5.33. The fraction of sp³-hybridized carbons (Fsp3) is 0.389. The Morgan fingerprint density at radius 1 is 1.12 bits per heavy atom. The summed E-state index contributed by atoms with van der Waals surface area (Å²) in [7, 11) is 3.28. The summed E-state index contributed by atoms with van der Waals surface area (Å²) < 4.78 is 15.9. The number of nitrogens with one attached hydrogen (secondary N) is 2. The fourth-order valence-electron chi connectivity index (χ4n) is 2.26. The van der Waals surface area contributed by atoms with E-state index in [0.717, 1.165) is 42.7 Å². The van der Waals surface area contributed by atoms with Crippen molar-refractivity contribution in [1.82, 2.24) is 10.6 Å². The summed E-state index contributed by atoms with van der Waals surface area (Å²) in [6.07, 6.45) is 2.51. The molecular weight excluding hydrogens is 306 g/mol. The Balaban J connectivity index is 1.89. The zero-order chi connectivity index (χ0) is 17.2. The Morgan fingerprint density at radius 2 is 1.96 bits per heavy atom. The molecule has 0 atom stereocenters. The van der Waals surface area contributed by atoms with Gasteiger partial charge in [-0.2, -0.15) is 0 Å². The number of furan rings is 1. The highest BCUT2D eigenvalue weighted by Gasteiger charge is 2.05. The first kappa shape index (κ1) is 17.7. The van der Waals surface area contributed by atoms with E-state index >= 15 is 0 Å². The highest BCUT2D eigenvalue weighted by Crippen LogP contribution is 2.27. The van der Waals surface area contributed by atoms with Gasteiger partial charge in [-0.25, -0.2) is 4.99 Å². The third-order valence-corrected chi connectivity index (χ3v) is 3.47. The number of hydrogen-bond donors (Lipinski definition) is 2. The van der Waals surface area contributed by atoms with Gasteiger partial charge in [0.1, 0.15) is 12.3 Å². The van der Waals surface area contributed by atoms with Gasteiger partial charge in [-0.05, 0) is 43.2 Å². The van der Waals surface area contributed by atoms with Gasteiger partial charge in [0.25, 0.3) is 0 Å². The Hall–Kier alpha value is -2.63. The van der Waals surface area contributed by atoms with Crippen LogP contribution in [0, 0.1) is 0 Å². The van der Waals surface area contributed by atoms with Crippen molar-refractivity contribution in [2.75, 3.05) is 27.3 Å². The molecule has 0 radical (unpaired) electrons. The van der Waals surface area contributed by atoms with Crippen molar-refractivity contribution in [3.63, 3.8) is 0 Å². The second-order valence-corrected chi connectivity index (χ2v) is 5.14. The lowest BCUT2D eigenvalue weighted by Gasteiger charge is -2.12. The molecular formula is C18H25N3O3. The van der Waals surface area contributed by atoms with Gasteiger partial charge in [-0.15, -0.1) is 0 Å². The van der Waals surface area contributed by atoms with Gasteiger partial charge >= 0.3 is 0 Å². The van der Waals surface area contributed by atoms with E-state index in [1.165, 1.54) is 5.56 Å². The molecule has 24 heavy (non-hydrogen) atoms. The largest absolute Gasteiger partial charge is 0.493 e. The van der Waals surface area contributed by atoms with Crippen LogP contribution in [-0.4, -0.2) is 33.3 Å². The maximum absolute atomic E-state index is 5.33. The van der Waals surface area contributed by atoms with E-state index in [4.69, 9.17) is 13.9 Å². The summed E-state index contributed by atoms with van der Waals surface area (Å²) in [5.41, 5.74) is 1.17. The summed E-state index contributed by atoms with van der Waals surface area (Å²) in [4.78, 5) is 4.50. The second-order valence-electron chi connectivity index (χ2n) is 5.14. The number of hydrogen-bond acceptors (Lipinski definition) is 4. The van der Waals surface area contributed by atoms with Gasteiger partial charge in [0.05, 0.1) is 20.5 Å². The van der Waals surface area contributed by atoms with Crippen LogP contribution in [0.1, 0.15) is 18.2 Å². The molecule has 1 heterocycles. The maximum Gasteiger partial charge on any atom is 0.191 e. The summed E-state index contributed by atoms with van der Waals surface area (Å²) in [5.74, 6) is 3.09. The lowest BCUT2D eigenvalue weighted by molar-refractivity contribution is 0.354. The third-order valence-electron chi connectivity index (χ3n) is 3.47. The second kappa shape index (κ2) is 9.50. The van der Waals surface area contributed by atoms with E-state index in [1.807, 2.05) is 37.3 Å². The van der Waals surface area contributed by atoms with Crippen molar-refractivity contribution in [3.8, 4) is 11.5 Å². The lowest BCUT2D eigenvalue weighted by atomic mass is 10.1. The molecule has 0 spiro atoms. The Bertz CT molecular complexity index is 639. The number of ether oxygens (including phenoxy) is 2. The first-order chi connectivity index (χ1) is 11.8. The number of guanidine groups is 1. The van der Waals surface area contributed by atoms with Crippen molar-refractivity contribution < 1.29 is 13.9 Å². The Kier molecular flexibility index (Phi) is 7.01. The van der Waals surface area contributed by atoms with Crippen LogP contribution in [0.3, 0.4) is 0 Å². The van der Waals surface area contributed by atoms with E-state index in [1.54, 1.807) is 20.5 Å². The molecule has 6 nitrogen and oxygen atoms in total. The number of rotatable bonds is 8. The molecule has 1 aromatic heterocycles. The minimum absolute atomic E-state index is 0.513. The minimum atomic E-state index is 0.513. The van der Waals surface area contributed by atoms with Crippen molar-refractivity contribution >= 4 is 5.96 Å². The van der Waals surface area contributed by atoms with E-state index in [9.17, 15) is 0 Å². The third kappa shape index (κ3) is 5.22. The molecule has 0 bridgehead atoms. The van der Waals surface area contributed by atoms with Gasteiger partial charge in [0, 0.05) is 13.1 Å². The molecule has 130 valence electrons. The number of aliphatic imine (C=N–C) groups is 1. The quantitative estimate of drug-likeness (QED) is 0.575. The van der Waals surface area contributed by atoms with Crippen LogP contribution in [0.2, 0.25) is 0 Å². The van der Waals surface area contributed by atoms with Crippen LogP contribution in [0.5, 0.6) is 11.5 Å². The summed E-state index contributed by atoms with van der Waals surface area (Å²) >= 11 is 0. The molecule has 2 N–H and O–H groups in total. The number of methoxy groups -OCH3 is 2. The zero-order valence-electron chi connectivity index (χ0n) is 14.5. The standard InChI is InChI=1S/C18H25N3O3/c1-4-19-18(21-13-15-6-5-11-24-15)20-10-9-14-7-8-16(22-2)17(12-14)23-3/h5-8,11-12H,4,9-10,13H2,1-3H3,(H2,19,20,21). The smallest absolute Gasteiger partial charge is 0.191 e. The molecule has 0 saturated carbocycles. The van der Waals surface area contributed by atoms with Crippen LogP contribution in [0.4, 0.5) is 0 Å². The van der Waals surface area contributed by atoms with Crippen LogP contribution < -0.4 is 20.1 Å². The zero-order valence-corrected chi connectivity index (χ0v) is 14.5. The van der Waals surface area contributed by atoms with Crippen molar-refractivity contribution in [3.05, 3.63) is 47.9 Å². The summed E-state index contributed by atoms with van der Waals surface area (Å²) in [6.45, 7) is 4.12. The van der Waals surface area contributed by atoms with Gasteiger partial charge < -0.3 is 24.5 Å². The van der Waals surface area contributed by atoms with Crippen molar-refractivity contribution in [2.24, 2.45) is 4.99 Å². The van der Waals surface area contributed by atoms with E-state index in [0.29, 0.717) is 6.54 Å². The molecule has 0 amide bonds. The molecule has 0 aliphatic carbocycles. The van der Waals surface area contributed by atoms with Crippen molar-refractivity contribution in [1.29, 1.82) is 0 Å². The van der Waals surface area contributed by atoms with Crippen LogP contribution in [0.25, 0.3) is 0 Å². The molecule has 0 saturated heterocycles. The molecule has 6 heteroatoms. The predicted molar refractivity (Wildman–Crippen MR) is 94.8 cm³/mol. The van der Waals surface area contributed by atoms with Crippen molar-refractivity contribution in [2.45, 2.75) is 19.9 Å².